The molecule has 1 heterocycles. The van der Waals surface area contributed by atoms with Gasteiger partial charge in [-0.1, -0.05) is 11.6 Å². The van der Waals surface area contributed by atoms with Gasteiger partial charge in [-0.15, -0.1) is 12.4 Å². The maximum absolute atomic E-state index is 12.7. The zero-order valence-electron chi connectivity index (χ0n) is 9.91. The minimum Gasteiger partial charge on any atom is -0.348 e. The van der Waals surface area contributed by atoms with Crippen LogP contribution in [0.4, 0.5) is 4.39 Å². The summed E-state index contributed by atoms with van der Waals surface area (Å²) < 4.78 is 12.7. The van der Waals surface area contributed by atoms with Crippen molar-refractivity contribution < 1.29 is 9.18 Å². The molecule has 1 amide bonds. The van der Waals surface area contributed by atoms with Gasteiger partial charge in [0.25, 0.3) is 5.91 Å². The van der Waals surface area contributed by atoms with Crippen LogP contribution in [-0.2, 0) is 0 Å². The van der Waals surface area contributed by atoms with Gasteiger partial charge in [0, 0.05) is 18.7 Å². The van der Waals surface area contributed by atoms with Gasteiger partial charge in [-0.3, -0.25) is 4.79 Å². The quantitative estimate of drug-likeness (QED) is 0.824. The van der Waals surface area contributed by atoms with Crippen molar-refractivity contribution in [3.8, 4) is 0 Å². The molecule has 18 heavy (non-hydrogen) atoms. The van der Waals surface area contributed by atoms with Gasteiger partial charge in [-0.2, -0.15) is 0 Å². The highest BCUT2D eigenvalue weighted by atomic mass is 35.5. The smallest absolute Gasteiger partial charge is 0.251 e. The molecule has 0 saturated heterocycles. The van der Waals surface area contributed by atoms with Crippen LogP contribution in [0.3, 0.4) is 0 Å². The van der Waals surface area contributed by atoms with E-state index in [9.17, 15) is 9.18 Å². The summed E-state index contributed by atoms with van der Waals surface area (Å²) in [5.74, 6) is -0.493. The van der Waals surface area contributed by atoms with Crippen LogP contribution in [0, 0.1) is 5.82 Å². The van der Waals surface area contributed by atoms with Gasteiger partial charge in [-0.05, 0) is 37.2 Å². The first kappa shape index (κ1) is 14.7. The first-order valence-corrected chi connectivity index (χ1v) is 5.68. The van der Waals surface area contributed by atoms with Gasteiger partial charge >= 0.3 is 0 Å². The maximum atomic E-state index is 12.7. The summed E-state index contributed by atoms with van der Waals surface area (Å²) in [6, 6.07) is 5.56. The van der Waals surface area contributed by atoms with Crippen molar-refractivity contribution in [3.63, 3.8) is 0 Å². The molecule has 0 bridgehead atoms. The molecule has 2 N–H and O–H groups in total. The highest BCUT2D eigenvalue weighted by Crippen LogP contribution is 2.05. The molecule has 0 aliphatic carbocycles. The molecule has 1 aromatic rings. The van der Waals surface area contributed by atoms with E-state index in [0.717, 1.165) is 19.5 Å². The van der Waals surface area contributed by atoms with Gasteiger partial charge in [0.2, 0.25) is 0 Å². The van der Waals surface area contributed by atoms with Crippen LogP contribution in [0.25, 0.3) is 0 Å². The van der Waals surface area contributed by atoms with Gasteiger partial charge in [-0.25, -0.2) is 4.39 Å². The molecule has 1 aliphatic rings. The summed E-state index contributed by atoms with van der Waals surface area (Å²) in [5, 5.41) is 6.04. The highest BCUT2D eigenvalue weighted by molar-refractivity contribution is 5.94. The number of benzene rings is 1. The van der Waals surface area contributed by atoms with Crippen molar-refractivity contribution in [2.24, 2.45) is 0 Å². The van der Waals surface area contributed by atoms with Crippen LogP contribution < -0.4 is 10.6 Å². The van der Waals surface area contributed by atoms with E-state index in [4.69, 9.17) is 0 Å². The minimum absolute atomic E-state index is 0. The molecule has 0 spiro atoms. The van der Waals surface area contributed by atoms with E-state index >= 15 is 0 Å². The van der Waals surface area contributed by atoms with E-state index < -0.39 is 0 Å². The van der Waals surface area contributed by atoms with E-state index in [0.29, 0.717) is 12.1 Å². The summed E-state index contributed by atoms with van der Waals surface area (Å²) in [7, 11) is 0. The van der Waals surface area contributed by atoms with E-state index in [-0.39, 0.29) is 24.1 Å². The lowest BCUT2D eigenvalue weighted by molar-refractivity contribution is 0.0956. The second kappa shape index (κ2) is 7.13. The van der Waals surface area contributed by atoms with Crippen molar-refractivity contribution >= 4 is 18.3 Å². The molecule has 0 radical (unpaired) electrons. The Morgan fingerprint density at radius 3 is 2.67 bits per heavy atom. The van der Waals surface area contributed by atoms with E-state index in [1.807, 2.05) is 0 Å². The topological polar surface area (TPSA) is 41.1 Å². The number of nitrogens with one attached hydrogen (secondary N) is 2. The lowest BCUT2D eigenvalue weighted by atomic mass is 10.1. The van der Waals surface area contributed by atoms with E-state index in [1.54, 1.807) is 0 Å². The van der Waals surface area contributed by atoms with Crippen LogP contribution in [-0.4, -0.2) is 25.5 Å². The maximum Gasteiger partial charge on any atom is 0.251 e. The standard InChI is InChI=1S/C13H15FN2O.ClH/c14-12-3-1-11(2-4-12)13(17)16-9-10-5-7-15-8-6-10;/h1-5,15H,6-9H2,(H,16,17);1H. The molecule has 98 valence electrons. The Balaban J connectivity index is 0.00000162. The van der Waals surface area contributed by atoms with Crippen molar-refractivity contribution in [1.29, 1.82) is 0 Å². The van der Waals surface area contributed by atoms with Crippen LogP contribution in [0.15, 0.2) is 35.9 Å². The zero-order valence-corrected chi connectivity index (χ0v) is 10.7. The number of hydrogen-bond acceptors (Lipinski definition) is 2. The molecule has 1 aliphatic heterocycles. The highest BCUT2D eigenvalue weighted by Gasteiger charge is 2.07. The molecular weight excluding hydrogens is 255 g/mol. The largest absolute Gasteiger partial charge is 0.348 e. The lowest BCUT2D eigenvalue weighted by Crippen LogP contribution is -2.29. The molecule has 0 aromatic heterocycles. The molecule has 2 rings (SSSR count). The van der Waals surface area contributed by atoms with Crippen molar-refractivity contribution in [2.75, 3.05) is 19.6 Å². The fraction of sp³-hybridized carbons (Fsp3) is 0.308. The number of amides is 1. The number of hydrogen-bond donors (Lipinski definition) is 2. The van der Waals surface area contributed by atoms with Crippen molar-refractivity contribution in [3.05, 3.63) is 47.3 Å². The normalized spacial score (nSPS) is 14.4. The fourth-order valence-corrected chi connectivity index (χ4v) is 1.73. The Kier molecular flexibility index (Phi) is 5.82. The van der Waals surface area contributed by atoms with Gasteiger partial charge < -0.3 is 10.6 Å². The van der Waals surface area contributed by atoms with Gasteiger partial charge in [0.15, 0.2) is 0 Å². The Labute approximate surface area is 112 Å². The molecule has 1 aromatic carbocycles. The molecule has 5 heteroatoms. The van der Waals surface area contributed by atoms with E-state index in [1.165, 1.54) is 29.8 Å². The third kappa shape index (κ3) is 4.13. The molecule has 0 unspecified atom stereocenters. The molecular formula is C13H16ClFN2O. The van der Waals surface area contributed by atoms with Crippen LogP contribution >= 0.6 is 12.4 Å². The van der Waals surface area contributed by atoms with Crippen LogP contribution in [0.2, 0.25) is 0 Å². The first-order chi connectivity index (χ1) is 8.25. The third-order valence-electron chi connectivity index (χ3n) is 2.74. The predicted molar refractivity (Wildman–Crippen MR) is 71.6 cm³/mol. The lowest BCUT2D eigenvalue weighted by Gasteiger charge is -2.14. The first-order valence-electron chi connectivity index (χ1n) is 5.68. The molecule has 0 atom stereocenters. The fourth-order valence-electron chi connectivity index (χ4n) is 1.73. The Morgan fingerprint density at radius 2 is 2.06 bits per heavy atom. The molecule has 0 fully saturated rings. The molecule has 0 saturated carbocycles. The second-order valence-corrected chi connectivity index (χ2v) is 4.01. The average Bonchev–Trinajstić information content (AvgIpc) is 2.38. The van der Waals surface area contributed by atoms with Crippen molar-refractivity contribution in [2.45, 2.75) is 6.42 Å². The predicted octanol–water partition coefficient (Wildman–Crippen LogP) is 1.90. The van der Waals surface area contributed by atoms with E-state index in [2.05, 4.69) is 16.7 Å². The molecule has 3 nitrogen and oxygen atoms in total. The zero-order chi connectivity index (χ0) is 12.1. The summed E-state index contributed by atoms with van der Waals surface area (Å²) in [5.41, 5.74) is 1.72. The summed E-state index contributed by atoms with van der Waals surface area (Å²) in [6.07, 6.45) is 3.05. The van der Waals surface area contributed by atoms with Crippen molar-refractivity contribution in [1.82, 2.24) is 10.6 Å². The summed E-state index contributed by atoms with van der Waals surface area (Å²) in [4.78, 5) is 11.7. The monoisotopic (exact) mass is 270 g/mol. The third-order valence-corrected chi connectivity index (χ3v) is 2.74. The number of rotatable bonds is 3. The SMILES string of the molecule is Cl.O=C(NCC1=CCNCC1)c1ccc(F)cc1. The van der Waals surface area contributed by atoms with Gasteiger partial charge in [0.1, 0.15) is 5.82 Å². The Bertz CT molecular complexity index is 431. The van der Waals surface area contributed by atoms with Crippen LogP contribution in [0.5, 0.6) is 0 Å². The summed E-state index contributed by atoms with van der Waals surface area (Å²) in [6.45, 7) is 2.39. The van der Waals surface area contributed by atoms with Crippen LogP contribution in [0.1, 0.15) is 16.8 Å². The minimum atomic E-state index is -0.331. The summed E-state index contributed by atoms with van der Waals surface area (Å²) >= 11 is 0. The Morgan fingerprint density at radius 1 is 1.33 bits per heavy atom. The number of carbonyl (C=O) groups excluding carboxylic acids is 1. The Hall–Kier alpha value is -1.39. The number of carbonyl (C=O) groups is 1. The van der Waals surface area contributed by atoms with Gasteiger partial charge in [0.05, 0.1) is 0 Å². The average molecular weight is 271 g/mol. The number of halogens is 2. The second-order valence-electron chi connectivity index (χ2n) is 4.01.